The van der Waals surface area contributed by atoms with Crippen molar-refractivity contribution in [2.24, 2.45) is 0 Å². The van der Waals surface area contributed by atoms with E-state index in [0.717, 1.165) is 16.9 Å². The molecule has 5 nitrogen and oxygen atoms in total. The van der Waals surface area contributed by atoms with Crippen LogP contribution < -0.4 is 10.2 Å². The van der Waals surface area contributed by atoms with Gasteiger partial charge in [-0.2, -0.15) is 0 Å². The molecule has 0 atom stereocenters. The molecule has 0 aromatic carbocycles. The maximum Gasteiger partial charge on any atom is 0.498 e. The molecular formula is C15H24BNO4. The Hall–Kier alpha value is -1.11. The van der Waals surface area contributed by atoms with Gasteiger partial charge in [0.05, 0.1) is 16.9 Å². The monoisotopic (exact) mass is 293 g/mol. The van der Waals surface area contributed by atoms with Gasteiger partial charge in [-0.25, -0.2) is 0 Å². The minimum atomic E-state index is -0.470. The number of rotatable bonds is 4. The van der Waals surface area contributed by atoms with Crippen molar-refractivity contribution in [2.45, 2.75) is 52.7 Å². The lowest BCUT2D eigenvalue weighted by Crippen LogP contribution is -2.41. The van der Waals surface area contributed by atoms with Crippen molar-refractivity contribution in [3.8, 4) is 5.75 Å². The van der Waals surface area contributed by atoms with E-state index in [1.807, 2.05) is 47.6 Å². The molecule has 0 radical (unpaired) electrons. The SMILES string of the molecule is COCOc1c(B2OC(C)(C)C(C)(C)O2)cc(C)nc1C. The average Bonchev–Trinajstić information content (AvgIpc) is 2.56. The van der Waals surface area contributed by atoms with Crippen LogP contribution in [0.2, 0.25) is 0 Å². The van der Waals surface area contributed by atoms with Crippen LogP contribution in [0.5, 0.6) is 5.75 Å². The highest BCUT2D eigenvalue weighted by Gasteiger charge is 2.52. The molecule has 21 heavy (non-hydrogen) atoms. The van der Waals surface area contributed by atoms with Gasteiger partial charge in [-0.3, -0.25) is 4.98 Å². The first-order valence-corrected chi connectivity index (χ1v) is 7.13. The van der Waals surface area contributed by atoms with Gasteiger partial charge in [-0.1, -0.05) is 0 Å². The molecule has 1 aliphatic heterocycles. The van der Waals surface area contributed by atoms with Gasteiger partial charge in [-0.05, 0) is 47.6 Å². The highest BCUT2D eigenvalue weighted by Crippen LogP contribution is 2.37. The summed E-state index contributed by atoms with van der Waals surface area (Å²) in [4.78, 5) is 4.44. The lowest BCUT2D eigenvalue weighted by atomic mass is 9.78. The molecule has 1 aromatic rings. The number of pyridine rings is 1. The van der Waals surface area contributed by atoms with Crippen molar-refractivity contribution in [3.63, 3.8) is 0 Å². The third-order valence-electron chi connectivity index (χ3n) is 4.13. The van der Waals surface area contributed by atoms with Crippen LogP contribution in [0.25, 0.3) is 0 Å². The van der Waals surface area contributed by atoms with Crippen LogP contribution in [0, 0.1) is 13.8 Å². The molecule has 0 unspecified atom stereocenters. The Morgan fingerprint density at radius 1 is 1.14 bits per heavy atom. The highest BCUT2D eigenvalue weighted by atomic mass is 16.7. The normalized spacial score (nSPS) is 19.9. The third-order valence-corrected chi connectivity index (χ3v) is 4.13. The van der Waals surface area contributed by atoms with E-state index in [1.165, 1.54) is 0 Å². The first kappa shape index (κ1) is 16.3. The molecule has 2 heterocycles. The largest absolute Gasteiger partial charge is 0.498 e. The van der Waals surface area contributed by atoms with Crippen molar-refractivity contribution in [1.29, 1.82) is 0 Å². The molecule has 1 aliphatic rings. The summed E-state index contributed by atoms with van der Waals surface area (Å²) in [7, 11) is 1.12. The second kappa shape index (κ2) is 5.59. The Labute approximate surface area is 127 Å². The second-order valence-electron chi connectivity index (χ2n) is 6.41. The Morgan fingerprint density at radius 3 is 2.24 bits per heavy atom. The molecular weight excluding hydrogens is 269 g/mol. The number of aromatic nitrogens is 1. The van der Waals surface area contributed by atoms with Crippen molar-refractivity contribution < 1.29 is 18.8 Å². The van der Waals surface area contributed by atoms with Gasteiger partial charge in [0.2, 0.25) is 0 Å². The van der Waals surface area contributed by atoms with Crippen LogP contribution in [-0.2, 0) is 14.0 Å². The van der Waals surface area contributed by atoms with E-state index in [4.69, 9.17) is 18.8 Å². The molecule has 0 bridgehead atoms. The fourth-order valence-corrected chi connectivity index (χ4v) is 2.30. The lowest BCUT2D eigenvalue weighted by molar-refractivity contribution is 0.00578. The van der Waals surface area contributed by atoms with E-state index in [9.17, 15) is 0 Å². The molecule has 6 heteroatoms. The summed E-state index contributed by atoms with van der Waals surface area (Å²) in [5.41, 5.74) is 1.79. The predicted octanol–water partition coefficient (Wildman–Crippen LogP) is 1.98. The zero-order valence-electron chi connectivity index (χ0n) is 13.9. The van der Waals surface area contributed by atoms with Crippen LogP contribution in [0.3, 0.4) is 0 Å². The zero-order valence-corrected chi connectivity index (χ0v) is 13.9. The first-order valence-electron chi connectivity index (χ1n) is 7.13. The summed E-state index contributed by atoms with van der Waals surface area (Å²) in [6, 6.07) is 1.94. The second-order valence-corrected chi connectivity index (χ2v) is 6.41. The highest BCUT2D eigenvalue weighted by molar-refractivity contribution is 6.63. The van der Waals surface area contributed by atoms with Crippen LogP contribution in [0.4, 0.5) is 0 Å². The smallest absolute Gasteiger partial charge is 0.466 e. The van der Waals surface area contributed by atoms with E-state index in [1.54, 1.807) is 7.11 Å². The molecule has 2 rings (SSSR count). The van der Waals surface area contributed by atoms with E-state index in [0.29, 0.717) is 5.75 Å². The molecule has 0 saturated carbocycles. The van der Waals surface area contributed by atoms with Gasteiger partial charge in [0, 0.05) is 18.3 Å². The molecule has 0 aliphatic carbocycles. The van der Waals surface area contributed by atoms with Gasteiger partial charge < -0.3 is 18.8 Å². The summed E-state index contributed by atoms with van der Waals surface area (Å²) in [6.07, 6.45) is 0. The Balaban J connectivity index is 2.40. The maximum absolute atomic E-state index is 6.11. The van der Waals surface area contributed by atoms with E-state index >= 15 is 0 Å². The molecule has 1 fully saturated rings. The van der Waals surface area contributed by atoms with Gasteiger partial charge >= 0.3 is 7.12 Å². The lowest BCUT2D eigenvalue weighted by Gasteiger charge is -2.32. The molecule has 1 aromatic heterocycles. The van der Waals surface area contributed by atoms with E-state index < -0.39 is 7.12 Å². The maximum atomic E-state index is 6.11. The zero-order chi connectivity index (χ0) is 15.8. The van der Waals surface area contributed by atoms with Crippen LogP contribution in [0.15, 0.2) is 6.07 Å². The standard InChI is InChI=1S/C15H24BNO4/c1-10-8-12(13(11(2)17-10)19-9-18-7)16-20-14(3,4)15(5,6)21-16/h8H,9H2,1-7H3. The van der Waals surface area contributed by atoms with E-state index in [2.05, 4.69) is 4.98 Å². The summed E-state index contributed by atoms with van der Waals surface area (Å²) in [5, 5.41) is 0. The number of hydrogen-bond acceptors (Lipinski definition) is 5. The number of ether oxygens (including phenoxy) is 2. The van der Waals surface area contributed by atoms with Crippen molar-refractivity contribution in [3.05, 3.63) is 17.5 Å². The topological polar surface area (TPSA) is 49.8 Å². The number of aryl methyl sites for hydroxylation is 2. The summed E-state index contributed by atoms with van der Waals surface area (Å²) in [6.45, 7) is 12.1. The average molecular weight is 293 g/mol. The number of nitrogens with zero attached hydrogens (tertiary/aromatic N) is 1. The minimum absolute atomic E-state index is 0.165. The molecule has 0 N–H and O–H groups in total. The van der Waals surface area contributed by atoms with Crippen LogP contribution >= 0.6 is 0 Å². The third kappa shape index (κ3) is 3.07. The molecule has 116 valence electrons. The Bertz CT molecular complexity index is 515. The summed E-state index contributed by atoms with van der Waals surface area (Å²) < 4.78 is 22.9. The van der Waals surface area contributed by atoms with Crippen LogP contribution in [0.1, 0.15) is 39.1 Å². The van der Waals surface area contributed by atoms with Crippen molar-refractivity contribution in [2.75, 3.05) is 13.9 Å². The fourth-order valence-electron chi connectivity index (χ4n) is 2.30. The van der Waals surface area contributed by atoms with Gasteiger partial charge in [-0.15, -0.1) is 0 Å². The molecule has 0 amide bonds. The van der Waals surface area contributed by atoms with Crippen molar-refractivity contribution in [1.82, 2.24) is 4.98 Å². The number of hydrogen-bond donors (Lipinski definition) is 0. The number of methoxy groups -OCH3 is 1. The summed E-state index contributed by atoms with van der Waals surface area (Å²) in [5.74, 6) is 0.668. The van der Waals surface area contributed by atoms with Gasteiger partial charge in [0.25, 0.3) is 0 Å². The molecule has 0 spiro atoms. The van der Waals surface area contributed by atoms with Crippen molar-refractivity contribution >= 4 is 12.6 Å². The fraction of sp³-hybridized carbons (Fsp3) is 0.667. The van der Waals surface area contributed by atoms with Crippen LogP contribution in [-0.4, -0.2) is 37.2 Å². The Morgan fingerprint density at radius 2 is 1.71 bits per heavy atom. The Kier molecular flexibility index (Phi) is 4.33. The molecule has 1 saturated heterocycles. The predicted molar refractivity (Wildman–Crippen MR) is 81.9 cm³/mol. The van der Waals surface area contributed by atoms with Gasteiger partial charge in [0.1, 0.15) is 5.75 Å². The summed E-state index contributed by atoms with van der Waals surface area (Å²) >= 11 is 0. The van der Waals surface area contributed by atoms with Gasteiger partial charge in [0.15, 0.2) is 6.79 Å². The minimum Gasteiger partial charge on any atom is -0.466 e. The van der Waals surface area contributed by atoms with E-state index in [-0.39, 0.29) is 18.0 Å². The first-order chi connectivity index (χ1) is 9.68. The quantitative estimate of drug-likeness (QED) is 0.627.